The minimum atomic E-state index is -4.68. The first-order chi connectivity index (χ1) is 20.3. The molecule has 1 aliphatic rings. The summed E-state index contributed by atoms with van der Waals surface area (Å²) in [5.74, 6) is -1.08. The van der Waals surface area contributed by atoms with Crippen LogP contribution in [0.5, 0.6) is 5.75 Å². The predicted octanol–water partition coefficient (Wildman–Crippen LogP) is 4.86. The molecule has 1 saturated heterocycles. The topological polar surface area (TPSA) is 136 Å². The van der Waals surface area contributed by atoms with E-state index in [1.165, 1.54) is 36.4 Å². The van der Waals surface area contributed by atoms with Gasteiger partial charge in [0.05, 0.1) is 0 Å². The molecule has 0 unspecified atom stereocenters. The summed E-state index contributed by atoms with van der Waals surface area (Å²) >= 11 is 0. The van der Waals surface area contributed by atoms with Crippen molar-refractivity contribution < 1.29 is 54.3 Å². The Bertz CT molecular complexity index is 1470. The van der Waals surface area contributed by atoms with Gasteiger partial charge in [0.1, 0.15) is 17.8 Å². The first-order valence-corrected chi connectivity index (χ1v) is 15.4. The molecule has 4 rings (SSSR count). The van der Waals surface area contributed by atoms with E-state index in [4.69, 9.17) is 9.79 Å². The van der Waals surface area contributed by atoms with Gasteiger partial charge in [-0.1, -0.05) is 56.8 Å². The number of para-hydroxylation sites is 1. The van der Waals surface area contributed by atoms with Gasteiger partial charge in [-0.05, 0) is 54.2 Å². The van der Waals surface area contributed by atoms with E-state index < -0.39 is 31.2 Å². The van der Waals surface area contributed by atoms with Crippen LogP contribution in [-0.4, -0.2) is 51.0 Å². The number of rotatable bonds is 9. The number of benzene rings is 3. The average molecular weight is 788 g/mol. The number of phosphoric ester groups is 1. The Labute approximate surface area is 271 Å². The number of hydrogen-bond donors (Lipinski definition) is 3. The molecule has 232 valence electrons. The van der Waals surface area contributed by atoms with E-state index in [2.05, 4.69) is 15.9 Å². The smallest absolute Gasteiger partial charge is 0.404 e. The van der Waals surface area contributed by atoms with Crippen LogP contribution in [-0.2, 0) is 40.0 Å². The maximum atomic E-state index is 14.1. The monoisotopic (exact) mass is 788 g/mol. The van der Waals surface area contributed by atoms with Crippen molar-refractivity contribution in [3.8, 4) is 5.75 Å². The second-order valence-corrected chi connectivity index (χ2v) is 12.4. The third kappa shape index (κ3) is 9.23. The van der Waals surface area contributed by atoms with E-state index in [1.807, 2.05) is 51.1 Å². The Morgan fingerprint density at radius 1 is 1.02 bits per heavy atom. The molecule has 10 nitrogen and oxygen atoms in total. The van der Waals surface area contributed by atoms with E-state index in [-0.39, 0.29) is 38.6 Å². The summed E-state index contributed by atoms with van der Waals surface area (Å²) in [5, 5.41) is 2.82. The van der Waals surface area contributed by atoms with Crippen LogP contribution in [0.2, 0.25) is 0 Å². The van der Waals surface area contributed by atoms with Gasteiger partial charge >= 0.3 is 7.82 Å². The standard InChI is InChI=1S/C32H35N3O7P.W/c1-32(2,3)29(33-28(36)21-18-23-16-19-26(20-17-23)42-43(39,40)41)31(38)34-22-10-15-27(34)30(37)35(24-11-6-4-7-12-24)25-13-8-5-9-14-25;/h4,6-9,11-14,16-21,27,29H,10,15,22H2,1-3H3,(H,33,36)(H2,39,40,41);/q-1;/b21-18+;/t27-,29+;/m0./s1. The van der Waals surface area contributed by atoms with Crippen LogP contribution in [0.25, 0.3) is 6.08 Å². The molecule has 0 spiro atoms. The first kappa shape index (κ1) is 34.9. The molecule has 3 aromatic rings. The van der Waals surface area contributed by atoms with Crippen molar-refractivity contribution >= 4 is 43.0 Å². The largest absolute Gasteiger partial charge is 0.524 e. The second kappa shape index (κ2) is 15.0. The van der Waals surface area contributed by atoms with Crippen molar-refractivity contribution in [2.45, 2.75) is 45.7 Å². The molecule has 1 aliphatic heterocycles. The number of carbonyl (C=O) groups excluding carboxylic acids is 3. The summed E-state index contributed by atoms with van der Waals surface area (Å²) in [6.07, 6.45) is 3.94. The van der Waals surface area contributed by atoms with E-state index >= 15 is 0 Å². The zero-order chi connectivity index (χ0) is 31.2. The molecule has 1 heterocycles. The summed E-state index contributed by atoms with van der Waals surface area (Å²) < 4.78 is 15.5. The Hall–Kier alpha value is -3.55. The number of anilines is 2. The van der Waals surface area contributed by atoms with Crippen LogP contribution in [0.1, 0.15) is 39.2 Å². The molecule has 1 fully saturated rings. The number of likely N-dealkylation sites (tertiary alicyclic amines) is 1. The van der Waals surface area contributed by atoms with Crippen LogP contribution in [0.3, 0.4) is 0 Å². The number of hydrogen-bond acceptors (Lipinski definition) is 5. The van der Waals surface area contributed by atoms with Gasteiger partial charge in [0.25, 0.3) is 5.91 Å². The number of nitrogens with zero attached hydrogens (tertiary/aromatic N) is 2. The van der Waals surface area contributed by atoms with E-state index in [9.17, 15) is 18.9 Å². The van der Waals surface area contributed by atoms with Gasteiger partial charge < -0.3 is 19.6 Å². The van der Waals surface area contributed by atoms with Gasteiger partial charge in [0.2, 0.25) is 11.8 Å². The zero-order valence-corrected chi connectivity index (χ0v) is 28.4. The average Bonchev–Trinajstić information content (AvgIpc) is 3.45. The Kier molecular flexibility index (Phi) is 11.9. The number of carbonyl (C=O) groups is 3. The Morgan fingerprint density at radius 2 is 1.64 bits per heavy atom. The summed E-state index contributed by atoms with van der Waals surface area (Å²) in [6, 6.07) is 23.5. The third-order valence-corrected chi connectivity index (χ3v) is 7.39. The van der Waals surface area contributed by atoms with Crippen molar-refractivity contribution in [1.82, 2.24) is 10.2 Å². The van der Waals surface area contributed by atoms with Gasteiger partial charge in [0.15, 0.2) is 0 Å². The van der Waals surface area contributed by atoms with Gasteiger partial charge in [0, 0.05) is 39.4 Å². The van der Waals surface area contributed by atoms with Crippen LogP contribution < -0.4 is 14.7 Å². The molecular formula is C32H35N3O7PW-. The third-order valence-electron chi connectivity index (χ3n) is 6.95. The minimum absolute atomic E-state index is 0. The van der Waals surface area contributed by atoms with E-state index in [1.54, 1.807) is 34.1 Å². The quantitative estimate of drug-likeness (QED) is 0.160. The van der Waals surface area contributed by atoms with Crippen LogP contribution >= 0.6 is 7.82 Å². The maximum Gasteiger partial charge on any atom is 0.524 e. The summed E-state index contributed by atoms with van der Waals surface area (Å²) in [6.45, 7) is 5.94. The SMILES string of the molecule is CC(C)(C)[C@H](NC(=O)/C=C/c1ccc(OP(=O)(O)O)cc1)C(=O)N1CCC[C@H]1C(=O)N(c1cc[c-]cc1)c1ccccc1.[W]. The van der Waals surface area contributed by atoms with Crippen molar-refractivity contribution in [3.63, 3.8) is 0 Å². The Morgan fingerprint density at radius 3 is 2.23 bits per heavy atom. The van der Waals surface area contributed by atoms with Gasteiger partial charge in [-0.2, -0.15) is 18.2 Å². The molecule has 3 amide bonds. The fraction of sp³-hybridized carbons (Fsp3) is 0.281. The fourth-order valence-electron chi connectivity index (χ4n) is 4.90. The summed E-state index contributed by atoms with van der Waals surface area (Å²) in [5.41, 5.74) is 1.27. The van der Waals surface area contributed by atoms with Crippen LogP contribution in [0.15, 0.2) is 84.9 Å². The predicted molar refractivity (Wildman–Crippen MR) is 163 cm³/mol. The zero-order valence-electron chi connectivity index (χ0n) is 24.6. The molecule has 2 atom stereocenters. The van der Waals surface area contributed by atoms with E-state index in [0.717, 1.165) is 0 Å². The molecule has 0 bridgehead atoms. The van der Waals surface area contributed by atoms with Crippen molar-refractivity contribution in [3.05, 3.63) is 96.6 Å². The molecule has 3 N–H and O–H groups in total. The van der Waals surface area contributed by atoms with Crippen LogP contribution in [0, 0.1) is 11.5 Å². The summed E-state index contributed by atoms with van der Waals surface area (Å²) in [4.78, 5) is 62.1. The first-order valence-electron chi connectivity index (χ1n) is 13.8. The van der Waals surface area contributed by atoms with Gasteiger partial charge in [-0.25, -0.2) is 4.57 Å². The van der Waals surface area contributed by atoms with Crippen molar-refractivity contribution in [1.29, 1.82) is 0 Å². The maximum absolute atomic E-state index is 14.1. The molecule has 44 heavy (non-hydrogen) atoms. The fourth-order valence-corrected chi connectivity index (χ4v) is 5.29. The molecule has 12 heteroatoms. The molecule has 0 saturated carbocycles. The Balaban J connectivity index is 0.00000529. The normalized spacial score (nSPS) is 15.8. The van der Waals surface area contributed by atoms with Gasteiger partial charge in [-0.15, -0.1) is 12.1 Å². The molecule has 3 aromatic carbocycles. The number of phosphoric acid groups is 1. The minimum Gasteiger partial charge on any atom is -0.404 e. The second-order valence-electron chi connectivity index (χ2n) is 11.2. The van der Waals surface area contributed by atoms with Crippen molar-refractivity contribution in [2.24, 2.45) is 5.41 Å². The van der Waals surface area contributed by atoms with E-state index in [0.29, 0.717) is 36.3 Å². The van der Waals surface area contributed by atoms with Crippen molar-refractivity contribution in [2.75, 3.05) is 11.4 Å². The number of nitrogens with one attached hydrogen (secondary N) is 1. The molecule has 0 aliphatic carbocycles. The van der Waals surface area contributed by atoms with Gasteiger partial charge in [-0.3, -0.25) is 24.2 Å². The molecule has 0 radical (unpaired) electrons. The molecular weight excluding hydrogens is 753 g/mol. The summed E-state index contributed by atoms with van der Waals surface area (Å²) in [7, 11) is -4.68. The number of amides is 3. The molecule has 0 aromatic heterocycles. The van der Waals surface area contributed by atoms with Crippen LogP contribution in [0.4, 0.5) is 11.4 Å².